The minimum atomic E-state index is 0.0800. The zero-order chi connectivity index (χ0) is 16.1. The average Bonchev–Trinajstić information content (AvgIpc) is 2.98. The van der Waals surface area contributed by atoms with Gasteiger partial charge in [-0.1, -0.05) is 41.9 Å². The van der Waals surface area contributed by atoms with Crippen LogP contribution in [0.25, 0.3) is 10.9 Å². The number of benzene rings is 2. The van der Waals surface area contributed by atoms with Crippen LogP contribution in [0.15, 0.2) is 60.8 Å². The summed E-state index contributed by atoms with van der Waals surface area (Å²) in [6.45, 7) is 1.42. The second-order valence-electron chi connectivity index (χ2n) is 5.54. The number of carbonyl (C=O) groups is 1. The Morgan fingerprint density at radius 2 is 1.83 bits per heavy atom. The van der Waals surface area contributed by atoms with Crippen molar-refractivity contribution in [3.63, 3.8) is 0 Å². The first kappa shape index (κ1) is 15.6. The highest BCUT2D eigenvalue weighted by atomic mass is 35.5. The van der Waals surface area contributed by atoms with Gasteiger partial charge in [0.2, 0.25) is 5.91 Å². The van der Waals surface area contributed by atoms with Crippen molar-refractivity contribution in [2.75, 3.05) is 6.54 Å². The molecule has 4 heteroatoms. The number of aryl methyl sites for hydroxylation is 1. The molecule has 0 unspecified atom stereocenters. The van der Waals surface area contributed by atoms with Gasteiger partial charge in [0.05, 0.1) is 0 Å². The molecule has 0 atom stereocenters. The maximum Gasteiger partial charge on any atom is 0.220 e. The number of aromatic nitrogens is 1. The summed E-state index contributed by atoms with van der Waals surface area (Å²) >= 11 is 5.85. The smallest absolute Gasteiger partial charge is 0.220 e. The topological polar surface area (TPSA) is 34.0 Å². The molecule has 0 saturated carbocycles. The number of amides is 1. The maximum atomic E-state index is 11.9. The van der Waals surface area contributed by atoms with Crippen LogP contribution in [-0.4, -0.2) is 17.0 Å². The molecule has 2 aromatic carbocycles. The number of rotatable bonds is 6. The SMILES string of the molecule is O=C(CCc1ccc(Cl)cc1)NCCn1ccc2ccccc21. The second-order valence-corrected chi connectivity index (χ2v) is 5.98. The van der Waals surface area contributed by atoms with Crippen LogP contribution < -0.4 is 5.32 Å². The summed E-state index contributed by atoms with van der Waals surface area (Å²) in [5.74, 6) is 0.0800. The van der Waals surface area contributed by atoms with Crippen LogP contribution in [0, 0.1) is 0 Å². The van der Waals surface area contributed by atoms with Crippen LogP contribution in [0.5, 0.6) is 0 Å². The Balaban J connectivity index is 1.45. The van der Waals surface area contributed by atoms with Gasteiger partial charge in [0.25, 0.3) is 0 Å². The number of nitrogens with one attached hydrogen (secondary N) is 1. The Morgan fingerprint density at radius 3 is 2.65 bits per heavy atom. The van der Waals surface area contributed by atoms with Gasteiger partial charge in [0, 0.05) is 36.2 Å². The number of hydrogen-bond acceptors (Lipinski definition) is 1. The Kier molecular flexibility index (Phi) is 4.99. The molecule has 0 aliphatic heterocycles. The van der Waals surface area contributed by atoms with Crippen molar-refractivity contribution >= 4 is 28.4 Å². The fourth-order valence-electron chi connectivity index (χ4n) is 2.65. The molecule has 0 saturated heterocycles. The first-order valence-electron chi connectivity index (χ1n) is 7.77. The van der Waals surface area contributed by atoms with Gasteiger partial charge < -0.3 is 9.88 Å². The molecular formula is C19H19ClN2O. The van der Waals surface area contributed by atoms with Crippen molar-refractivity contribution in [3.05, 3.63) is 71.4 Å². The van der Waals surface area contributed by atoms with E-state index in [0.717, 1.165) is 23.6 Å². The number of nitrogens with zero attached hydrogens (tertiary/aromatic N) is 1. The Bertz CT molecular complexity index is 792. The van der Waals surface area contributed by atoms with E-state index in [-0.39, 0.29) is 5.91 Å². The first-order chi connectivity index (χ1) is 11.2. The maximum absolute atomic E-state index is 11.9. The van der Waals surface area contributed by atoms with Crippen LogP contribution in [0.1, 0.15) is 12.0 Å². The third-order valence-electron chi connectivity index (χ3n) is 3.91. The number of halogens is 1. The van der Waals surface area contributed by atoms with E-state index >= 15 is 0 Å². The van der Waals surface area contributed by atoms with Gasteiger partial charge in [-0.2, -0.15) is 0 Å². The van der Waals surface area contributed by atoms with Crippen molar-refractivity contribution in [1.82, 2.24) is 9.88 Å². The Labute approximate surface area is 140 Å². The molecular weight excluding hydrogens is 308 g/mol. The molecule has 0 radical (unpaired) electrons. The van der Waals surface area contributed by atoms with E-state index < -0.39 is 0 Å². The Morgan fingerprint density at radius 1 is 1.04 bits per heavy atom. The third kappa shape index (κ3) is 4.14. The molecule has 0 fully saturated rings. The van der Waals surface area contributed by atoms with Crippen LogP contribution in [-0.2, 0) is 17.8 Å². The summed E-state index contributed by atoms with van der Waals surface area (Å²) in [7, 11) is 0. The molecule has 1 heterocycles. The van der Waals surface area contributed by atoms with Crippen LogP contribution in [0.3, 0.4) is 0 Å². The van der Waals surface area contributed by atoms with Crippen molar-refractivity contribution in [3.8, 4) is 0 Å². The molecule has 23 heavy (non-hydrogen) atoms. The van der Waals surface area contributed by atoms with E-state index in [1.165, 1.54) is 10.9 Å². The van der Waals surface area contributed by atoms with Crippen molar-refractivity contribution in [2.24, 2.45) is 0 Å². The van der Waals surface area contributed by atoms with Crippen LogP contribution in [0.2, 0.25) is 5.02 Å². The average molecular weight is 327 g/mol. The van der Waals surface area contributed by atoms with E-state index in [4.69, 9.17) is 11.6 Å². The molecule has 1 aromatic heterocycles. The summed E-state index contributed by atoms with van der Waals surface area (Å²) in [5.41, 5.74) is 2.32. The summed E-state index contributed by atoms with van der Waals surface area (Å²) in [6.07, 6.45) is 3.29. The van der Waals surface area contributed by atoms with Crippen molar-refractivity contribution in [2.45, 2.75) is 19.4 Å². The largest absolute Gasteiger partial charge is 0.354 e. The number of para-hydroxylation sites is 1. The fraction of sp³-hybridized carbons (Fsp3) is 0.211. The summed E-state index contributed by atoms with van der Waals surface area (Å²) < 4.78 is 2.16. The van der Waals surface area contributed by atoms with Gasteiger partial charge >= 0.3 is 0 Å². The monoisotopic (exact) mass is 326 g/mol. The lowest BCUT2D eigenvalue weighted by molar-refractivity contribution is -0.121. The predicted octanol–water partition coefficient (Wildman–Crippen LogP) is 4.04. The Hall–Kier alpha value is -2.26. The molecule has 0 aliphatic rings. The van der Waals surface area contributed by atoms with Gasteiger partial charge in [-0.05, 0) is 41.6 Å². The predicted molar refractivity (Wildman–Crippen MR) is 94.7 cm³/mol. The van der Waals surface area contributed by atoms with E-state index in [1.807, 2.05) is 36.4 Å². The van der Waals surface area contributed by atoms with E-state index in [0.29, 0.717) is 13.0 Å². The number of hydrogen-bond donors (Lipinski definition) is 1. The molecule has 3 aromatic rings. The lowest BCUT2D eigenvalue weighted by Crippen LogP contribution is -2.27. The summed E-state index contributed by atoms with van der Waals surface area (Å²) in [4.78, 5) is 11.9. The standard InChI is InChI=1S/C19H19ClN2O/c20-17-8-5-15(6-9-17)7-10-19(23)21-12-14-22-13-11-16-3-1-2-4-18(16)22/h1-6,8-9,11,13H,7,10,12,14H2,(H,21,23). The van der Waals surface area contributed by atoms with Crippen LogP contribution >= 0.6 is 11.6 Å². The van der Waals surface area contributed by atoms with E-state index in [1.54, 1.807) is 0 Å². The van der Waals surface area contributed by atoms with Crippen molar-refractivity contribution < 1.29 is 4.79 Å². The first-order valence-corrected chi connectivity index (χ1v) is 8.15. The molecule has 0 bridgehead atoms. The highest BCUT2D eigenvalue weighted by molar-refractivity contribution is 6.30. The number of carbonyl (C=O) groups excluding carboxylic acids is 1. The minimum Gasteiger partial charge on any atom is -0.354 e. The molecule has 0 spiro atoms. The van der Waals surface area contributed by atoms with E-state index in [2.05, 4.69) is 34.3 Å². The van der Waals surface area contributed by atoms with Gasteiger partial charge in [0.15, 0.2) is 0 Å². The summed E-state index contributed by atoms with van der Waals surface area (Å²) in [5, 5.41) is 4.92. The lowest BCUT2D eigenvalue weighted by atomic mass is 10.1. The fourth-order valence-corrected chi connectivity index (χ4v) is 2.77. The molecule has 1 amide bonds. The summed E-state index contributed by atoms with van der Waals surface area (Å²) in [6, 6.07) is 18.0. The van der Waals surface area contributed by atoms with Crippen LogP contribution in [0.4, 0.5) is 0 Å². The van der Waals surface area contributed by atoms with Crippen molar-refractivity contribution in [1.29, 1.82) is 0 Å². The number of fused-ring (bicyclic) bond motifs is 1. The van der Waals surface area contributed by atoms with E-state index in [9.17, 15) is 4.79 Å². The zero-order valence-corrected chi connectivity index (χ0v) is 13.6. The van der Waals surface area contributed by atoms with Gasteiger partial charge in [0.1, 0.15) is 0 Å². The van der Waals surface area contributed by atoms with Gasteiger partial charge in [-0.15, -0.1) is 0 Å². The zero-order valence-electron chi connectivity index (χ0n) is 12.8. The molecule has 3 nitrogen and oxygen atoms in total. The second kappa shape index (κ2) is 7.34. The molecule has 3 rings (SSSR count). The molecule has 0 aliphatic carbocycles. The molecule has 1 N–H and O–H groups in total. The third-order valence-corrected chi connectivity index (χ3v) is 4.16. The lowest BCUT2D eigenvalue weighted by Gasteiger charge is -2.08. The van der Waals surface area contributed by atoms with Gasteiger partial charge in [-0.25, -0.2) is 0 Å². The minimum absolute atomic E-state index is 0.0800. The highest BCUT2D eigenvalue weighted by Gasteiger charge is 2.03. The normalized spacial score (nSPS) is 10.8. The quantitative estimate of drug-likeness (QED) is 0.728. The van der Waals surface area contributed by atoms with Gasteiger partial charge in [-0.3, -0.25) is 4.79 Å². The highest BCUT2D eigenvalue weighted by Crippen LogP contribution is 2.14. The molecule has 118 valence electrons.